The Balaban J connectivity index is 0. The first-order valence-corrected chi connectivity index (χ1v) is 7.75. The molecular formula is C16H27N3O6Y-2. The number of rotatable bonds is 7. The topological polar surface area (TPSA) is 166 Å². The van der Waals surface area contributed by atoms with Gasteiger partial charge in [-0.3, -0.25) is 16.6 Å². The molecule has 1 aliphatic heterocycles. The van der Waals surface area contributed by atoms with Gasteiger partial charge in [0, 0.05) is 70.7 Å². The molecule has 1 heterocycles. The van der Waals surface area contributed by atoms with E-state index in [-0.39, 0.29) is 56.6 Å². The summed E-state index contributed by atoms with van der Waals surface area (Å²) in [5.41, 5.74) is 5.36. The predicted molar refractivity (Wildman–Crippen MR) is 91.3 cm³/mol. The van der Waals surface area contributed by atoms with E-state index in [1.807, 2.05) is 20.3 Å². The molecular weight excluding hydrogens is 419 g/mol. The Labute approximate surface area is 178 Å². The zero-order valence-electron chi connectivity index (χ0n) is 15.2. The van der Waals surface area contributed by atoms with E-state index in [4.69, 9.17) is 26.1 Å². The van der Waals surface area contributed by atoms with Crippen LogP contribution in [0.4, 0.5) is 0 Å². The molecule has 0 saturated carbocycles. The van der Waals surface area contributed by atoms with E-state index < -0.39 is 36.7 Å². The summed E-state index contributed by atoms with van der Waals surface area (Å²) in [4.78, 5) is 22.5. The van der Waals surface area contributed by atoms with Crippen LogP contribution >= 0.6 is 0 Å². The van der Waals surface area contributed by atoms with Crippen molar-refractivity contribution in [2.45, 2.75) is 45.4 Å². The van der Waals surface area contributed by atoms with Gasteiger partial charge in [0.05, 0.1) is 5.84 Å². The first-order chi connectivity index (χ1) is 11.7. The van der Waals surface area contributed by atoms with Crippen LogP contribution in [0.25, 0.3) is 0 Å². The zero-order chi connectivity index (χ0) is 19.6. The molecule has 0 aromatic heterocycles. The van der Waals surface area contributed by atoms with Crippen LogP contribution in [0.5, 0.6) is 0 Å². The van der Waals surface area contributed by atoms with Gasteiger partial charge in [0.2, 0.25) is 5.91 Å². The molecule has 0 bridgehead atoms. The number of hydrogen-bond acceptors (Lipinski definition) is 6. The van der Waals surface area contributed by atoms with Gasteiger partial charge in [-0.1, -0.05) is 0 Å². The molecule has 1 amide bonds. The third-order valence-corrected chi connectivity index (χ3v) is 3.08. The number of nitrogens with one attached hydrogen (secondary N) is 2. The number of carboxylic acid groups (broad SMARTS) is 1. The Bertz CT molecular complexity index is 500. The molecule has 0 aromatic carbocycles. The number of ether oxygens (including phenoxy) is 1. The first kappa shape index (κ1) is 27.2. The minimum absolute atomic E-state index is 0. The van der Waals surface area contributed by atoms with Crippen molar-refractivity contribution in [3.05, 3.63) is 24.7 Å². The van der Waals surface area contributed by atoms with Gasteiger partial charge in [0.25, 0.3) is 0 Å². The van der Waals surface area contributed by atoms with Crippen LogP contribution in [0.3, 0.4) is 0 Å². The summed E-state index contributed by atoms with van der Waals surface area (Å²) >= 11 is 0. The van der Waals surface area contributed by atoms with Gasteiger partial charge >= 0.3 is 5.97 Å². The predicted octanol–water partition coefficient (Wildman–Crippen LogP) is -0.414. The maximum absolute atomic E-state index is 11.3. The Morgan fingerprint density at radius 3 is 2.38 bits per heavy atom. The molecule has 10 heteroatoms. The van der Waals surface area contributed by atoms with Crippen molar-refractivity contribution in [3.63, 3.8) is 0 Å². The molecule has 0 unspecified atom stereocenters. The SMILES string of the molecule is CC(=O)N[C@@H]1[C@@H](CC(=N)N)C=C(C(=O)O)O[C@H]1[CH-][C@H](O)CO.C[CH-]C.[Y]. The Morgan fingerprint density at radius 2 is 2.00 bits per heavy atom. The van der Waals surface area contributed by atoms with E-state index in [1.54, 1.807) is 0 Å². The van der Waals surface area contributed by atoms with Gasteiger partial charge < -0.3 is 37.5 Å². The van der Waals surface area contributed by atoms with Crippen molar-refractivity contribution in [3.8, 4) is 0 Å². The van der Waals surface area contributed by atoms with Gasteiger partial charge in [-0.2, -0.15) is 13.8 Å². The number of aliphatic hydroxyl groups is 2. The fourth-order valence-electron chi connectivity index (χ4n) is 2.23. The largest absolute Gasteiger partial charge is 0.514 e. The minimum Gasteiger partial charge on any atom is -0.514 e. The van der Waals surface area contributed by atoms with Crippen LogP contribution in [-0.2, 0) is 47.0 Å². The third-order valence-electron chi connectivity index (χ3n) is 3.08. The van der Waals surface area contributed by atoms with Crippen molar-refractivity contribution < 1.29 is 62.4 Å². The maximum Gasteiger partial charge on any atom is 0.370 e. The van der Waals surface area contributed by atoms with Crippen LogP contribution in [-0.4, -0.2) is 57.9 Å². The van der Waals surface area contributed by atoms with Gasteiger partial charge in [-0.25, -0.2) is 4.79 Å². The number of aliphatic hydroxyl groups excluding tert-OH is 2. The molecule has 0 saturated heterocycles. The molecule has 0 aromatic rings. The van der Waals surface area contributed by atoms with Crippen molar-refractivity contribution >= 4 is 17.7 Å². The minimum atomic E-state index is -1.31. The van der Waals surface area contributed by atoms with Crippen molar-refractivity contribution in [2.75, 3.05) is 6.61 Å². The molecule has 147 valence electrons. The Hall–Kier alpha value is -1.03. The van der Waals surface area contributed by atoms with E-state index in [9.17, 15) is 14.7 Å². The third kappa shape index (κ3) is 10.2. The number of hydrogen-bond donors (Lipinski definition) is 6. The monoisotopic (exact) mass is 446 g/mol. The number of amides is 1. The smallest absolute Gasteiger partial charge is 0.370 e. The Kier molecular flexibility index (Phi) is 14.7. The molecule has 1 aliphatic rings. The van der Waals surface area contributed by atoms with E-state index in [0.717, 1.165) is 0 Å². The van der Waals surface area contributed by atoms with Crippen LogP contribution < -0.4 is 11.1 Å². The van der Waals surface area contributed by atoms with Gasteiger partial charge in [0.1, 0.15) is 0 Å². The normalized spacial score (nSPS) is 22.3. The molecule has 9 nitrogen and oxygen atoms in total. The van der Waals surface area contributed by atoms with Crippen molar-refractivity contribution in [2.24, 2.45) is 11.7 Å². The van der Waals surface area contributed by atoms with E-state index in [0.29, 0.717) is 0 Å². The van der Waals surface area contributed by atoms with Gasteiger partial charge in [0.15, 0.2) is 5.76 Å². The summed E-state index contributed by atoms with van der Waals surface area (Å²) in [6, 6.07) is -0.717. The number of amidine groups is 1. The van der Waals surface area contributed by atoms with Crippen LogP contribution in [0.15, 0.2) is 11.8 Å². The Morgan fingerprint density at radius 1 is 1.46 bits per heavy atom. The molecule has 4 atom stereocenters. The van der Waals surface area contributed by atoms with Gasteiger partial charge in [-0.15, -0.1) is 0 Å². The van der Waals surface area contributed by atoms with Crippen molar-refractivity contribution in [1.29, 1.82) is 5.41 Å². The number of carbonyl (C=O) groups is 2. The molecule has 0 spiro atoms. The average molecular weight is 446 g/mol. The van der Waals surface area contributed by atoms with Crippen LogP contribution in [0.2, 0.25) is 0 Å². The molecule has 26 heavy (non-hydrogen) atoms. The van der Waals surface area contributed by atoms with Crippen LogP contribution in [0.1, 0.15) is 27.2 Å². The summed E-state index contributed by atoms with van der Waals surface area (Å²) in [6.07, 6.45) is 2.27. The van der Waals surface area contributed by atoms with E-state index in [2.05, 4.69) is 5.32 Å². The number of aliphatic carboxylic acids is 1. The van der Waals surface area contributed by atoms with E-state index >= 15 is 0 Å². The second kappa shape index (κ2) is 14.1. The first-order valence-electron chi connectivity index (χ1n) is 7.75. The number of carboxylic acids is 1. The molecule has 1 rings (SSSR count). The average Bonchev–Trinajstić information content (AvgIpc) is 2.49. The summed E-state index contributed by atoms with van der Waals surface area (Å²) in [5, 5.41) is 37.5. The zero-order valence-corrected chi connectivity index (χ0v) is 18.0. The standard InChI is InChI=1S/C13H20N3O6.C3H7.Y/c1-6(18)16-12-7(3-11(14)15)2-10(13(20)21)22-9(12)4-8(19)5-17;1-3-2;/h2,4,7-9,12,17,19H,3,5H2,1H3,(H3,14,15)(H,16,18)(H,20,21);3H,1-2H3;/q2*-1;/t7-,8+,9+,12-;;/m1../s1. The summed E-state index contributed by atoms with van der Waals surface area (Å²) < 4.78 is 5.25. The second-order valence-electron chi connectivity index (χ2n) is 5.56. The summed E-state index contributed by atoms with van der Waals surface area (Å²) in [7, 11) is 0. The van der Waals surface area contributed by atoms with E-state index in [1.165, 1.54) is 19.4 Å². The maximum atomic E-state index is 11.3. The van der Waals surface area contributed by atoms with Crippen LogP contribution in [0, 0.1) is 24.2 Å². The quantitative estimate of drug-likeness (QED) is 0.176. The van der Waals surface area contributed by atoms with Crippen molar-refractivity contribution in [1.82, 2.24) is 5.32 Å². The summed E-state index contributed by atoms with van der Waals surface area (Å²) in [5.74, 6) is -2.82. The van der Waals surface area contributed by atoms with Gasteiger partial charge in [-0.05, 0) is 12.2 Å². The fourth-order valence-corrected chi connectivity index (χ4v) is 2.23. The fraction of sp³-hybridized carbons (Fsp3) is 0.562. The molecule has 0 aliphatic carbocycles. The molecule has 7 N–H and O–H groups in total. The molecule has 0 fully saturated rings. The number of nitrogens with two attached hydrogens (primary N) is 1. The molecule has 1 radical (unpaired) electrons. The number of carbonyl (C=O) groups excluding carboxylic acids is 1. The second-order valence-corrected chi connectivity index (χ2v) is 5.56. The summed E-state index contributed by atoms with van der Waals surface area (Å²) in [6.45, 7) is 4.71.